The van der Waals surface area contributed by atoms with E-state index in [-0.39, 0.29) is 12.2 Å². The summed E-state index contributed by atoms with van der Waals surface area (Å²) in [6.45, 7) is 7.84. The minimum absolute atomic E-state index is 0.191. The van der Waals surface area contributed by atoms with Crippen molar-refractivity contribution in [3.05, 3.63) is 12.7 Å². The van der Waals surface area contributed by atoms with E-state index in [1.807, 2.05) is 13.8 Å². The molecule has 4 nitrogen and oxygen atoms in total. The molecule has 0 amide bonds. The van der Waals surface area contributed by atoms with Gasteiger partial charge in [0.25, 0.3) is 0 Å². The largest absolute Gasteiger partial charge is 0.376 e. The van der Waals surface area contributed by atoms with E-state index in [1.54, 1.807) is 13.2 Å². The van der Waals surface area contributed by atoms with Crippen molar-refractivity contribution in [3.63, 3.8) is 0 Å². The van der Waals surface area contributed by atoms with Gasteiger partial charge >= 0.3 is 0 Å². The van der Waals surface area contributed by atoms with E-state index >= 15 is 0 Å². The van der Waals surface area contributed by atoms with Gasteiger partial charge in [-0.15, -0.1) is 6.58 Å². The van der Waals surface area contributed by atoms with Gasteiger partial charge in [0.15, 0.2) is 6.29 Å². The first-order valence-corrected chi connectivity index (χ1v) is 5.14. The van der Waals surface area contributed by atoms with E-state index < -0.39 is 11.9 Å². The van der Waals surface area contributed by atoms with Crippen LogP contribution >= 0.6 is 0 Å². The van der Waals surface area contributed by atoms with Crippen LogP contribution in [-0.2, 0) is 14.2 Å². The summed E-state index contributed by atoms with van der Waals surface area (Å²) >= 11 is 0. The van der Waals surface area contributed by atoms with Crippen LogP contribution in [0.4, 0.5) is 0 Å². The second-order valence-corrected chi connectivity index (χ2v) is 4.06. The molecule has 1 unspecified atom stereocenters. The molecule has 0 bridgehead atoms. The fourth-order valence-corrected chi connectivity index (χ4v) is 2.01. The summed E-state index contributed by atoms with van der Waals surface area (Å²) in [4.78, 5) is 0. The van der Waals surface area contributed by atoms with Gasteiger partial charge in [0.05, 0.1) is 18.3 Å². The highest BCUT2D eigenvalue weighted by Crippen LogP contribution is 2.32. The number of rotatable bonds is 4. The number of methoxy groups -OCH3 is 1. The predicted octanol–water partition coefficient (Wildman–Crippen LogP) is 1.09. The minimum atomic E-state index is -0.784. The van der Waals surface area contributed by atoms with E-state index in [1.165, 1.54) is 0 Å². The zero-order valence-electron chi connectivity index (χ0n) is 9.60. The molecule has 1 saturated heterocycles. The lowest BCUT2D eigenvalue weighted by Crippen LogP contribution is -2.56. The van der Waals surface area contributed by atoms with Crippen molar-refractivity contribution in [2.45, 2.75) is 44.4 Å². The Balaban J connectivity index is 2.73. The molecule has 1 fully saturated rings. The molecule has 0 aromatic rings. The molecule has 15 heavy (non-hydrogen) atoms. The Hall–Kier alpha value is -0.420. The van der Waals surface area contributed by atoms with Gasteiger partial charge in [-0.05, 0) is 13.8 Å². The molecular weight excluding hydrogens is 196 g/mol. The van der Waals surface area contributed by atoms with E-state index in [0.717, 1.165) is 0 Å². The van der Waals surface area contributed by atoms with Gasteiger partial charge < -0.3 is 19.3 Å². The summed E-state index contributed by atoms with van der Waals surface area (Å²) in [5, 5.41) is 9.51. The van der Waals surface area contributed by atoms with E-state index in [2.05, 4.69) is 6.58 Å². The molecule has 0 aromatic heterocycles. The maximum Gasteiger partial charge on any atom is 0.157 e. The van der Waals surface area contributed by atoms with E-state index in [4.69, 9.17) is 14.2 Å². The van der Waals surface area contributed by atoms with Crippen LogP contribution in [0, 0.1) is 0 Å². The van der Waals surface area contributed by atoms with Crippen LogP contribution in [0.5, 0.6) is 0 Å². The van der Waals surface area contributed by atoms with Crippen LogP contribution in [-0.4, -0.2) is 42.9 Å². The molecular formula is C11H20O4. The van der Waals surface area contributed by atoms with Gasteiger partial charge in [0.1, 0.15) is 6.10 Å². The Morgan fingerprint density at radius 3 is 2.87 bits per heavy atom. The van der Waals surface area contributed by atoms with Gasteiger partial charge in [-0.2, -0.15) is 0 Å². The molecule has 1 aliphatic heterocycles. The lowest BCUT2D eigenvalue weighted by Gasteiger charge is -2.45. The van der Waals surface area contributed by atoms with Crippen LogP contribution in [0.3, 0.4) is 0 Å². The Bertz CT molecular complexity index is 219. The lowest BCUT2D eigenvalue weighted by molar-refractivity contribution is -0.272. The molecule has 0 radical (unpaired) electrons. The van der Waals surface area contributed by atoms with Gasteiger partial charge in [-0.3, -0.25) is 0 Å². The summed E-state index contributed by atoms with van der Waals surface area (Å²) in [5.74, 6) is 0. The van der Waals surface area contributed by atoms with Crippen molar-refractivity contribution in [1.82, 2.24) is 0 Å². The molecule has 1 rings (SSSR count). The summed E-state index contributed by atoms with van der Waals surface area (Å²) < 4.78 is 16.4. The molecule has 0 aliphatic carbocycles. The van der Waals surface area contributed by atoms with Crippen molar-refractivity contribution in [3.8, 4) is 0 Å². The van der Waals surface area contributed by atoms with E-state index in [9.17, 15) is 5.11 Å². The fraction of sp³-hybridized carbons (Fsp3) is 0.818. The third kappa shape index (κ3) is 2.78. The first-order valence-electron chi connectivity index (χ1n) is 5.14. The number of ether oxygens (including phenoxy) is 3. The normalized spacial score (nSPS) is 41.5. The Labute approximate surface area is 90.8 Å². The van der Waals surface area contributed by atoms with Gasteiger partial charge in [0, 0.05) is 13.5 Å². The maximum atomic E-state index is 9.51. The summed E-state index contributed by atoms with van der Waals surface area (Å²) in [6.07, 6.45) is 0.930. The molecule has 0 spiro atoms. The molecule has 4 atom stereocenters. The van der Waals surface area contributed by atoms with Gasteiger partial charge in [0.2, 0.25) is 0 Å². The molecule has 4 heteroatoms. The molecule has 0 aromatic carbocycles. The second-order valence-electron chi connectivity index (χ2n) is 4.06. The maximum absolute atomic E-state index is 9.51. The number of hydrogen-bond acceptors (Lipinski definition) is 4. The third-order valence-corrected chi connectivity index (χ3v) is 2.84. The molecule has 1 aliphatic rings. The average Bonchev–Trinajstić information content (AvgIpc) is 2.16. The Morgan fingerprint density at radius 1 is 1.67 bits per heavy atom. The topological polar surface area (TPSA) is 47.9 Å². The van der Waals surface area contributed by atoms with Crippen LogP contribution in [0.2, 0.25) is 0 Å². The highest BCUT2D eigenvalue weighted by molar-refractivity contribution is 4.94. The fourth-order valence-electron chi connectivity index (χ4n) is 2.01. The van der Waals surface area contributed by atoms with Crippen molar-refractivity contribution in [2.24, 2.45) is 0 Å². The number of aliphatic hydroxyl groups excluding tert-OH is 1. The van der Waals surface area contributed by atoms with Crippen molar-refractivity contribution >= 4 is 0 Å². The van der Waals surface area contributed by atoms with Crippen molar-refractivity contribution in [1.29, 1.82) is 0 Å². The summed E-state index contributed by atoms with van der Waals surface area (Å²) in [6, 6.07) is 0. The average molecular weight is 216 g/mol. The summed E-state index contributed by atoms with van der Waals surface area (Å²) in [7, 11) is 1.62. The SMILES string of the molecule is C=CCO[C@H]1[C@H](C)OC(O)C[C@@]1(C)OC. The minimum Gasteiger partial charge on any atom is -0.376 e. The number of aliphatic hydroxyl groups is 1. The first kappa shape index (κ1) is 12.6. The standard InChI is InChI=1S/C11H20O4/c1-5-6-14-10-8(2)15-9(12)7-11(10,3)13-4/h5,8-10,12H,1,6-7H2,2-4H3/t8-,9?,10-,11+/m0/s1. The van der Waals surface area contributed by atoms with Crippen LogP contribution in [0.25, 0.3) is 0 Å². The van der Waals surface area contributed by atoms with Crippen LogP contribution < -0.4 is 0 Å². The van der Waals surface area contributed by atoms with Crippen LogP contribution in [0.15, 0.2) is 12.7 Å². The smallest absolute Gasteiger partial charge is 0.157 e. The highest BCUT2D eigenvalue weighted by Gasteiger charge is 2.45. The first-order chi connectivity index (χ1) is 7.03. The zero-order valence-corrected chi connectivity index (χ0v) is 9.60. The third-order valence-electron chi connectivity index (χ3n) is 2.84. The Morgan fingerprint density at radius 2 is 2.33 bits per heavy atom. The summed E-state index contributed by atoms with van der Waals surface area (Å²) in [5.41, 5.74) is -0.514. The molecule has 0 saturated carbocycles. The quantitative estimate of drug-likeness (QED) is 0.715. The molecule has 1 N–H and O–H groups in total. The number of hydrogen-bond donors (Lipinski definition) is 1. The van der Waals surface area contributed by atoms with Crippen molar-refractivity contribution < 1.29 is 19.3 Å². The second kappa shape index (κ2) is 5.07. The zero-order chi connectivity index (χ0) is 11.5. The van der Waals surface area contributed by atoms with Crippen molar-refractivity contribution in [2.75, 3.05) is 13.7 Å². The molecule has 1 heterocycles. The van der Waals surface area contributed by atoms with E-state index in [0.29, 0.717) is 13.0 Å². The Kier molecular flexibility index (Phi) is 4.28. The van der Waals surface area contributed by atoms with Crippen LogP contribution in [0.1, 0.15) is 20.3 Å². The lowest BCUT2D eigenvalue weighted by atomic mass is 9.88. The highest BCUT2D eigenvalue weighted by atomic mass is 16.6. The monoisotopic (exact) mass is 216 g/mol. The predicted molar refractivity (Wildman–Crippen MR) is 56.5 cm³/mol. The molecule has 88 valence electrons. The van der Waals surface area contributed by atoms with Gasteiger partial charge in [-0.1, -0.05) is 6.08 Å². The van der Waals surface area contributed by atoms with Gasteiger partial charge in [-0.25, -0.2) is 0 Å².